The zero-order valence-electron chi connectivity index (χ0n) is 29.5. The van der Waals surface area contributed by atoms with Crippen molar-refractivity contribution in [3.63, 3.8) is 0 Å². The topological polar surface area (TPSA) is 109 Å². The number of aryl methyl sites for hydroxylation is 2. The molecule has 3 aromatic carbocycles. The number of aromatic nitrogens is 4. The Hall–Kier alpha value is -5.22. The summed E-state index contributed by atoms with van der Waals surface area (Å²) in [7, 11) is 0. The van der Waals surface area contributed by atoms with Gasteiger partial charge in [-0.2, -0.15) is 15.1 Å². The van der Waals surface area contributed by atoms with Crippen LogP contribution in [0.1, 0.15) is 47.9 Å². The number of amides is 1. The number of likely N-dealkylation sites (tertiary alicyclic amines) is 1. The van der Waals surface area contributed by atoms with E-state index in [2.05, 4.69) is 89.9 Å². The minimum atomic E-state index is 0.0110. The average Bonchev–Trinajstić information content (AvgIpc) is 3.62. The number of carbonyl (C=O) groups excluding carboxylic acids is 1. The molecule has 3 saturated heterocycles. The standard InChI is InChI=1S/C41H45N7O3/c1-5-29-21-31-37(38(50-23-28-10-7-26(3)8-11-28)36(29)35-27(4)9-12-33-32(35)22-43-46-33)44-40(51-30-13-17-42-18-14-30)45-39(31)47-19-15-41(16-20-47)24-48(25-41)34(49)6-2/h5-12,21-22,30,42H,1-2,13-20,23-25H2,3-4H3,(H,43,46). The van der Waals surface area contributed by atoms with Gasteiger partial charge in [-0.3, -0.25) is 9.89 Å². The fourth-order valence-corrected chi connectivity index (χ4v) is 7.99. The monoisotopic (exact) mass is 683 g/mol. The van der Waals surface area contributed by atoms with E-state index >= 15 is 0 Å². The number of hydrogen-bond acceptors (Lipinski definition) is 8. The highest BCUT2D eigenvalue weighted by Gasteiger charge is 2.46. The van der Waals surface area contributed by atoms with Gasteiger partial charge in [0.1, 0.15) is 24.0 Å². The third-order valence-electron chi connectivity index (χ3n) is 11.0. The summed E-state index contributed by atoms with van der Waals surface area (Å²) in [4.78, 5) is 26.9. The van der Waals surface area contributed by atoms with Gasteiger partial charge in [0.25, 0.3) is 0 Å². The van der Waals surface area contributed by atoms with Gasteiger partial charge < -0.3 is 24.6 Å². The Bertz CT molecular complexity index is 2120. The third-order valence-corrected chi connectivity index (χ3v) is 11.0. The summed E-state index contributed by atoms with van der Waals surface area (Å²) in [5.41, 5.74) is 8.03. The number of anilines is 1. The lowest BCUT2D eigenvalue weighted by Gasteiger charge is -2.54. The van der Waals surface area contributed by atoms with Gasteiger partial charge in [-0.1, -0.05) is 55.1 Å². The normalized spacial score (nSPS) is 17.5. The van der Waals surface area contributed by atoms with Crippen molar-refractivity contribution in [1.82, 2.24) is 30.4 Å². The molecule has 5 heterocycles. The predicted octanol–water partition coefficient (Wildman–Crippen LogP) is 6.76. The molecule has 0 unspecified atom stereocenters. The number of aromatic amines is 1. The molecule has 2 aromatic heterocycles. The summed E-state index contributed by atoms with van der Waals surface area (Å²) in [6, 6.07) is 15.1. The molecular weight excluding hydrogens is 638 g/mol. The molecule has 3 aliphatic rings. The maximum atomic E-state index is 12.2. The maximum absolute atomic E-state index is 12.2. The number of nitrogens with zero attached hydrogens (tertiary/aromatic N) is 5. The lowest BCUT2D eigenvalue weighted by atomic mass is 9.72. The van der Waals surface area contributed by atoms with E-state index in [-0.39, 0.29) is 17.4 Å². The van der Waals surface area contributed by atoms with E-state index in [1.165, 1.54) is 11.6 Å². The number of fused-ring (bicyclic) bond motifs is 2. The first-order valence-corrected chi connectivity index (χ1v) is 18.0. The molecule has 0 aliphatic carbocycles. The summed E-state index contributed by atoms with van der Waals surface area (Å²) in [5, 5.41) is 12.9. The van der Waals surface area contributed by atoms with Crippen LogP contribution in [0.25, 0.3) is 39.0 Å². The lowest BCUT2D eigenvalue weighted by Crippen LogP contribution is -2.61. The van der Waals surface area contributed by atoms with E-state index in [0.717, 1.165) is 115 Å². The first kappa shape index (κ1) is 33.0. The van der Waals surface area contributed by atoms with Gasteiger partial charge in [0.2, 0.25) is 5.91 Å². The van der Waals surface area contributed by atoms with Crippen molar-refractivity contribution in [3.8, 4) is 22.9 Å². The van der Waals surface area contributed by atoms with Gasteiger partial charge in [-0.15, -0.1) is 0 Å². The number of nitrogens with one attached hydrogen (secondary N) is 2. The fourth-order valence-electron chi connectivity index (χ4n) is 7.99. The van der Waals surface area contributed by atoms with E-state index < -0.39 is 0 Å². The molecule has 3 aliphatic heterocycles. The number of hydrogen-bond donors (Lipinski definition) is 2. The summed E-state index contributed by atoms with van der Waals surface area (Å²) in [6.45, 7) is 17.5. The minimum Gasteiger partial charge on any atom is -0.486 e. The average molecular weight is 684 g/mol. The molecule has 0 radical (unpaired) electrons. The van der Waals surface area contributed by atoms with E-state index in [4.69, 9.17) is 19.4 Å². The molecule has 10 heteroatoms. The smallest absolute Gasteiger partial charge is 0.319 e. The summed E-state index contributed by atoms with van der Waals surface area (Å²) >= 11 is 0. The van der Waals surface area contributed by atoms with Gasteiger partial charge in [-0.05, 0) is 93.1 Å². The number of rotatable bonds is 9. The summed E-state index contributed by atoms with van der Waals surface area (Å²) in [6.07, 6.45) is 8.93. The Balaban J connectivity index is 1.28. The number of carbonyl (C=O) groups is 1. The molecule has 0 bridgehead atoms. The number of piperidine rings is 2. The molecule has 10 nitrogen and oxygen atoms in total. The van der Waals surface area contributed by atoms with Crippen LogP contribution in [0.3, 0.4) is 0 Å². The molecule has 0 atom stereocenters. The first-order valence-electron chi connectivity index (χ1n) is 18.0. The Kier molecular flexibility index (Phi) is 8.71. The quantitative estimate of drug-likeness (QED) is 0.164. The molecule has 3 fully saturated rings. The molecule has 51 heavy (non-hydrogen) atoms. The second-order valence-corrected chi connectivity index (χ2v) is 14.4. The van der Waals surface area contributed by atoms with E-state index in [9.17, 15) is 4.79 Å². The highest BCUT2D eigenvalue weighted by atomic mass is 16.5. The zero-order chi connectivity index (χ0) is 35.1. The predicted molar refractivity (Wildman–Crippen MR) is 202 cm³/mol. The van der Waals surface area contributed by atoms with Crippen molar-refractivity contribution < 1.29 is 14.3 Å². The first-order chi connectivity index (χ1) is 24.8. The van der Waals surface area contributed by atoms with Crippen LogP contribution >= 0.6 is 0 Å². The van der Waals surface area contributed by atoms with Crippen LogP contribution < -0.4 is 19.7 Å². The van der Waals surface area contributed by atoms with Crippen molar-refractivity contribution in [2.75, 3.05) is 44.2 Å². The highest BCUT2D eigenvalue weighted by Crippen LogP contribution is 2.48. The van der Waals surface area contributed by atoms with Crippen molar-refractivity contribution in [2.24, 2.45) is 5.41 Å². The molecular formula is C41H45N7O3. The van der Waals surface area contributed by atoms with Crippen molar-refractivity contribution >= 4 is 39.6 Å². The van der Waals surface area contributed by atoms with Gasteiger partial charge in [0.15, 0.2) is 5.75 Å². The molecule has 262 valence electrons. The van der Waals surface area contributed by atoms with Crippen molar-refractivity contribution in [1.29, 1.82) is 0 Å². The van der Waals surface area contributed by atoms with Gasteiger partial charge in [0.05, 0.1) is 11.7 Å². The summed E-state index contributed by atoms with van der Waals surface area (Å²) < 4.78 is 13.5. The highest BCUT2D eigenvalue weighted by molar-refractivity contribution is 6.07. The van der Waals surface area contributed by atoms with Crippen LogP contribution in [-0.2, 0) is 11.4 Å². The third kappa shape index (κ3) is 6.22. The number of benzene rings is 3. The SMILES string of the molecule is C=CC(=O)N1CC2(CCN(c3nc(OC4CCNCC4)nc4c(OCc5ccc(C)cc5)c(-c5c(C)ccc6[nH]ncc56)c(C=C)cc34)CC2)C1. The molecule has 1 spiro atoms. The van der Waals surface area contributed by atoms with Gasteiger partial charge in [0, 0.05) is 47.9 Å². The summed E-state index contributed by atoms with van der Waals surface area (Å²) in [5.74, 6) is 1.52. The van der Waals surface area contributed by atoms with Gasteiger partial charge in [-0.25, -0.2) is 0 Å². The fraction of sp³-hybridized carbons (Fsp3) is 0.366. The van der Waals surface area contributed by atoms with Crippen LogP contribution in [0, 0.1) is 19.3 Å². The maximum Gasteiger partial charge on any atom is 0.319 e. The second-order valence-electron chi connectivity index (χ2n) is 14.4. The van der Waals surface area contributed by atoms with E-state index in [1.807, 2.05) is 17.2 Å². The minimum absolute atomic E-state index is 0.0110. The number of H-pyrrole nitrogens is 1. The van der Waals surface area contributed by atoms with E-state index in [1.54, 1.807) is 0 Å². The van der Waals surface area contributed by atoms with Gasteiger partial charge >= 0.3 is 6.01 Å². The Morgan fingerprint density at radius 2 is 1.76 bits per heavy atom. The molecule has 2 N–H and O–H groups in total. The molecule has 8 rings (SSSR count). The van der Waals surface area contributed by atoms with Crippen LogP contribution in [0.5, 0.6) is 11.8 Å². The second kappa shape index (κ2) is 13.5. The zero-order valence-corrected chi connectivity index (χ0v) is 29.5. The van der Waals surface area contributed by atoms with Crippen molar-refractivity contribution in [3.05, 3.63) is 90.1 Å². The van der Waals surface area contributed by atoms with Crippen LogP contribution in [0.2, 0.25) is 0 Å². The Morgan fingerprint density at radius 1 is 1.00 bits per heavy atom. The van der Waals surface area contributed by atoms with Crippen LogP contribution in [0.15, 0.2) is 67.9 Å². The molecule has 5 aromatic rings. The number of ether oxygens (including phenoxy) is 2. The largest absolute Gasteiger partial charge is 0.486 e. The molecule has 0 saturated carbocycles. The molecule has 1 amide bonds. The van der Waals surface area contributed by atoms with Crippen LogP contribution in [-0.4, -0.2) is 76.3 Å². The Morgan fingerprint density at radius 3 is 2.49 bits per heavy atom. The lowest BCUT2D eigenvalue weighted by molar-refractivity contribution is -0.139. The van der Waals surface area contributed by atoms with E-state index in [0.29, 0.717) is 23.9 Å². The Labute approximate surface area is 298 Å². The van der Waals surface area contributed by atoms with Crippen molar-refractivity contribution in [2.45, 2.75) is 52.2 Å². The van der Waals surface area contributed by atoms with Crippen LogP contribution in [0.4, 0.5) is 5.82 Å².